The van der Waals surface area contributed by atoms with Crippen LogP contribution in [-0.4, -0.2) is 61.8 Å². The van der Waals surface area contributed by atoms with Crippen LogP contribution in [0, 0.1) is 18.3 Å². The SMILES string of the molecule is CSCC(C)NC(=O)c1cc(C#N)cc(C)c1NC(=O)c1cc(CN(N)[NH+]=C(N)C(F)(F)F)nn1-c1ncccc1Cl. The maximum absolute atomic E-state index is 13.7. The number of halogens is 4. The van der Waals surface area contributed by atoms with Crippen molar-refractivity contribution in [2.75, 3.05) is 17.3 Å². The monoisotopic (exact) mass is 623 g/mol. The molecule has 12 nitrogen and oxygen atoms in total. The van der Waals surface area contributed by atoms with Crippen molar-refractivity contribution >= 4 is 46.7 Å². The minimum atomic E-state index is -4.85. The van der Waals surface area contributed by atoms with E-state index in [0.717, 1.165) is 4.68 Å². The standard InChI is InChI=1S/C25H26ClF3N10O2S/c1-13-7-15(10-30)8-17(22(40)34-14(2)12-42-3)20(13)35-23(41)19-9-16(11-38(32)37-24(31)25(27,28)29)36-39(19)21-18(26)5-4-6-33-21/h4-9,14H,11-12,32H2,1-3H3,(H2,31,37)(H,34,40)(H,35,41)/p+1. The highest BCUT2D eigenvalue weighted by Gasteiger charge is 2.40. The number of nitrogens with one attached hydrogen (secondary N) is 3. The van der Waals surface area contributed by atoms with Gasteiger partial charge in [0.1, 0.15) is 12.2 Å². The number of hydrazine groups is 2. The number of nitrogens with two attached hydrogens (primary N) is 2. The van der Waals surface area contributed by atoms with Crippen LogP contribution < -0.4 is 27.3 Å². The van der Waals surface area contributed by atoms with Crippen molar-refractivity contribution < 1.29 is 27.9 Å². The first-order chi connectivity index (χ1) is 19.7. The Bertz CT molecular complexity index is 1550. The molecule has 2 aromatic heterocycles. The molecule has 1 atom stereocenters. The molecule has 0 aliphatic heterocycles. The molecular weight excluding hydrogens is 597 g/mol. The minimum Gasteiger partial charge on any atom is -0.349 e. The second-order valence-corrected chi connectivity index (χ2v) is 10.3. The number of aryl methyl sites for hydroxylation is 1. The average molecular weight is 624 g/mol. The van der Waals surface area contributed by atoms with E-state index in [1.165, 1.54) is 42.2 Å². The van der Waals surface area contributed by atoms with E-state index >= 15 is 0 Å². The summed E-state index contributed by atoms with van der Waals surface area (Å²) >= 11 is 7.83. The number of aromatic nitrogens is 3. The number of hydrogen-bond donors (Lipinski definition) is 5. The quantitative estimate of drug-likeness (QED) is 0.0965. The van der Waals surface area contributed by atoms with Crippen molar-refractivity contribution in [3.05, 3.63) is 69.6 Å². The molecule has 42 heavy (non-hydrogen) atoms. The third kappa shape index (κ3) is 7.90. The van der Waals surface area contributed by atoms with Gasteiger partial charge in [-0.3, -0.25) is 15.3 Å². The topological polar surface area (TPSA) is 182 Å². The van der Waals surface area contributed by atoms with Crippen LogP contribution in [-0.2, 0) is 6.54 Å². The number of carbonyl (C=O) groups is 2. The lowest BCUT2D eigenvalue weighted by atomic mass is 10.0. The molecular formula is C25H27ClF3N10O2S+. The zero-order valence-electron chi connectivity index (χ0n) is 22.6. The fraction of sp³-hybridized carbons (Fsp3) is 0.280. The second-order valence-electron chi connectivity index (χ2n) is 9.00. The number of anilines is 1. The lowest BCUT2D eigenvalue weighted by Crippen LogP contribution is -2.89. The van der Waals surface area contributed by atoms with Crippen LogP contribution in [0.15, 0.2) is 36.5 Å². The zero-order valence-corrected chi connectivity index (χ0v) is 24.2. The molecule has 1 unspecified atom stereocenters. The van der Waals surface area contributed by atoms with Gasteiger partial charge in [0.2, 0.25) is 0 Å². The van der Waals surface area contributed by atoms with E-state index in [1.54, 1.807) is 18.1 Å². The van der Waals surface area contributed by atoms with E-state index in [9.17, 15) is 28.0 Å². The number of carbonyl (C=O) groups excluding carboxylic acids is 2. The number of nitriles is 1. The first kappa shape index (κ1) is 32.2. The largest absolute Gasteiger partial charge is 0.496 e. The lowest BCUT2D eigenvalue weighted by molar-refractivity contribution is -0.658. The Morgan fingerprint density at radius 3 is 2.64 bits per heavy atom. The fourth-order valence-corrected chi connectivity index (χ4v) is 4.55. The van der Waals surface area contributed by atoms with Gasteiger partial charge in [-0.2, -0.15) is 45.5 Å². The Morgan fingerprint density at radius 1 is 1.31 bits per heavy atom. The molecule has 222 valence electrons. The summed E-state index contributed by atoms with van der Waals surface area (Å²) in [4.78, 5) is 31.0. The highest BCUT2D eigenvalue weighted by Crippen LogP contribution is 2.26. The van der Waals surface area contributed by atoms with E-state index in [0.29, 0.717) is 16.4 Å². The van der Waals surface area contributed by atoms with E-state index in [1.807, 2.05) is 19.2 Å². The number of amidine groups is 1. The van der Waals surface area contributed by atoms with Gasteiger partial charge in [-0.1, -0.05) is 11.6 Å². The molecule has 0 spiro atoms. The summed E-state index contributed by atoms with van der Waals surface area (Å²) < 4.78 is 39.6. The number of benzene rings is 1. The molecule has 0 saturated carbocycles. The number of amides is 2. The Kier molecular flexibility index (Phi) is 10.4. The van der Waals surface area contributed by atoms with Crippen molar-refractivity contribution in [3.63, 3.8) is 0 Å². The molecule has 0 fully saturated rings. The van der Waals surface area contributed by atoms with Crippen molar-refractivity contribution in [1.82, 2.24) is 25.2 Å². The number of hydrazone groups is 1. The molecule has 2 amide bonds. The molecule has 0 aliphatic carbocycles. The first-order valence-electron chi connectivity index (χ1n) is 12.1. The van der Waals surface area contributed by atoms with Gasteiger partial charge in [-0.05, 0) is 56.0 Å². The molecule has 3 aromatic rings. The average Bonchev–Trinajstić information content (AvgIpc) is 3.32. The number of alkyl halides is 3. The Balaban J connectivity index is 2.05. The molecule has 1 aromatic carbocycles. The van der Waals surface area contributed by atoms with Gasteiger partial charge < -0.3 is 10.6 Å². The maximum Gasteiger partial charge on any atom is 0.496 e. The minimum absolute atomic E-state index is 0.0484. The highest BCUT2D eigenvalue weighted by molar-refractivity contribution is 7.98. The van der Waals surface area contributed by atoms with E-state index < -0.39 is 30.4 Å². The summed E-state index contributed by atoms with van der Waals surface area (Å²) in [5.74, 6) is 3.52. The van der Waals surface area contributed by atoms with Gasteiger partial charge in [-0.25, -0.2) is 15.5 Å². The van der Waals surface area contributed by atoms with Crippen LogP contribution in [0.5, 0.6) is 0 Å². The number of thioether (sulfide) groups is 1. The zero-order chi connectivity index (χ0) is 31.2. The number of nitrogens with zero attached hydrogens (tertiary/aromatic N) is 5. The number of pyridine rings is 1. The van der Waals surface area contributed by atoms with Crippen LogP contribution in [0.2, 0.25) is 5.02 Å². The van der Waals surface area contributed by atoms with Crippen LogP contribution in [0.25, 0.3) is 5.82 Å². The molecule has 2 heterocycles. The second kappa shape index (κ2) is 13.6. The van der Waals surface area contributed by atoms with Gasteiger partial charge in [0, 0.05) is 18.0 Å². The molecule has 0 radical (unpaired) electrons. The van der Waals surface area contributed by atoms with Crippen molar-refractivity contribution in [1.29, 1.82) is 5.26 Å². The summed E-state index contributed by atoms with van der Waals surface area (Å²) in [5, 5.41) is 21.7. The Morgan fingerprint density at radius 2 is 2.02 bits per heavy atom. The van der Waals surface area contributed by atoms with Crippen LogP contribution in [0.1, 0.15) is 44.6 Å². The maximum atomic E-state index is 13.7. The van der Waals surface area contributed by atoms with Crippen molar-refractivity contribution in [2.24, 2.45) is 11.6 Å². The highest BCUT2D eigenvalue weighted by atomic mass is 35.5. The smallest absolute Gasteiger partial charge is 0.349 e. The molecule has 17 heteroatoms. The lowest BCUT2D eigenvalue weighted by Gasteiger charge is -2.17. The molecule has 7 N–H and O–H groups in total. The number of rotatable bonds is 10. The van der Waals surface area contributed by atoms with Gasteiger partial charge in [0.05, 0.1) is 33.6 Å². The Labute approximate surface area is 247 Å². The Hall–Kier alpha value is -4.33. The van der Waals surface area contributed by atoms with Gasteiger partial charge in [-0.15, -0.1) is 0 Å². The normalized spacial score (nSPS) is 12.4. The predicted octanol–water partition coefficient (Wildman–Crippen LogP) is 1.43. The molecule has 0 bridgehead atoms. The molecule has 0 aliphatic rings. The van der Waals surface area contributed by atoms with E-state index in [4.69, 9.17) is 23.2 Å². The van der Waals surface area contributed by atoms with E-state index in [-0.39, 0.29) is 45.1 Å². The van der Waals surface area contributed by atoms with E-state index in [2.05, 4.69) is 20.7 Å². The first-order valence-corrected chi connectivity index (χ1v) is 13.9. The van der Waals surface area contributed by atoms with Gasteiger partial charge in [0.15, 0.2) is 5.82 Å². The van der Waals surface area contributed by atoms with Crippen LogP contribution in [0.4, 0.5) is 18.9 Å². The molecule has 0 saturated heterocycles. The predicted molar refractivity (Wildman–Crippen MR) is 151 cm³/mol. The number of hydrogen-bond acceptors (Lipinski definition) is 8. The summed E-state index contributed by atoms with van der Waals surface area (Å²) in [6.45, 7) is 3.02. The summed E-state index contributed by atoms with van der Waals surface area (Å²) in [6, 6.07) is 9.00. The van der Waals surface area contributed by atoms with Crippen molar-refractivity contribution in [2.45, 2.75) is 32.6 Å². The summed E-state index contributed by atoms with van der Waals surface area (Å²) in [7, 11) is 0. The summed E-state index contributed by atoms with van der Waals surface area (Å²) in [6.07, 6.45) is -1.55. The van der Waals surface area contributed by atoms with Gasteiger partial charge >= 0.3 is 12.0 Å². The molecule has 3 rings (SSSR count). The summed E-state index contributed by atoms with van der Waals surface area (Å²) in [5.41, 5.74) is 5.77. The third-order valence-electron chi connectivity index (χ3n) is 5.58. The third-order valence-corrected chi connectivity index (χ3v) is 6.70. The van der Waals surface area contributed by atoms with Gasteiger partial charge in [0.25, 0.3) is 11.8 Å². The van der Waals surface area contributed by atoms with Crippen LogP contribution in [0.3, 0.4) is 0 Å². The fourth-order valence-electron chi connectivity index (χ4n) is 3.76. The van der Waals surface area contributed by atoms with Crippen molar-refractivity contribution in [3.8, 4) is 11.9 Å². The van der Waals surface area contributed by atoms with Crippen LogP contribution >= 0.6 is 23.4 Å².